The number of rotatable bonds is 5. The van der Waals surface area contributed by atoms with Crippen molar-refractivity contribution in [1.29, 1.82) is 0 Å². The molecule has 122 valence electrons. The van der Waals surface area contributed by atoms with Gasteiger partial charge >= 0.3 is 5.97 Å². The Balaban J connectivity index is 1.68. The highest BCUT2D eigenvalue weighted by Crippen LogP contribution is 2.17. The molecule has 0 spiro atoms. The quantitative estimate of drug-likeness (QED) is 0.721. The second-order valence-electron chi connectivity index (χ2n) is 4.71. The number of carbonyl (C=O) groups excluding carboxylic acids is 2. The topological polar surface area (TPSA) is 86.1 Å². The van der Waals surface area contributed by atoms with E-state index in [4.69, 9.17) is 4.74 Å². The highest BCUT2D eigenvalue weighted by molar-refractivity contribution is 7.14. The van der Waals surface area contributed by atoms with Crippen molar-refractivity contribution in [3.63, 3.8) is 0 Å². The lowest BCUT2D eigenvalue weighted by Crippen LogP contribution is -2.12. The number of nitrogens with zero attached hydrogens (tertiary/aromatic N) is 3. The van der Waals surface area contributed by atoms with Crippen molar-refractivity contribution < 1.29 is 14.3 Å². The average molecular weight is 342 g/mol. The molecule has 0 saturated carbocycles. The highest BCUT2D eigenvalue weighted by Gasteiger charge is 2.14. The smallest absolute Gasteiger partial charge is 0.357 e. The minimum absolute atomic E-state index is 0.186. The average Bonchev–Trinajstić information content (AvgIpc) is 3.27. The molecule has 0 aliphatic carbocycles. The number of thiazole rings is 1. The predicted octanol–water partition coefficient (Wildman–Crippen LogP) is 2.76. The number of aromatic nitrogens is 3. The van der Waals surface area contributed by atoms with Crippen LogP contribution in [0.25, 0.3) is 5.69 Å². The van der Waals surface area contributed by atoms with Crippen molar-refractivity contribution >= 4 is 28.3 Å². The predicted molar refractivity (Wildman–Crippen MR) is 89.6 cm³/mol. The van der Waals surface area contributed by atoms with E-state index in [2.05, 4.69) is 15.4 Å². The monoisotopic (exact) mass is 342 g/mol. The summed E-state index contributed by atoms with van der Waals surface area (Å²) in [7, 11) is 0. The molecule has 0 atom stereocenters. The summed E-state index contributed by atoms with van der Waals surface area (Å²) in [6, 6.07) is 8.82. The van der Waals surface area contributed by atoms with Gasteiger partial charge in [0.1, 0.15) is 0 Å². The molecular formula is C16H14N4O3S. The van der Waals surface area contributed by atoms with Crippen LogP contribution in [0.3, 0.4) is 0 Å². The zero-order valence-electron chi connectivity index (χ0n) is 12.8. The van der Waals surface area contributed by atoms with Crippen molar-refractivity contribution in [3.05, 3.63) is 59.4 Å². The Morgan fingerprint density at radius 3 is 2.75 bits per heavy atom. The van der Waals surface area contributed by atoms with Gasteiger partial charge in [0, 0.05) is 23.3 Å². The number of amides is 1. The Labute approximate surface area is 141 Å². The van der Waals surface area contributed by atoms with E-state index in [1.807, 2.05) is 12.3 Å². The van der Waals surface area contributed by atoms with Crippen molar-refractivity contribution in [2.45, 2.75) is 6.92 Å². The van der Waals surface area contributed by atoms with Crippen LogP contribution in [0.15, 0.2) is 48.1 Å². The lowest BCUT2D eigenvalue weighted by atomic mass is 10.2. The Bertz CT molecular complexity index is 841. The summed E-state index contributed by atoms with van der Waals surface area (Å²) < 4.78 is 6.57. The number of ether oxygens (including phenoxy) is 1. The van der Waals surface area contributed by atoms with Gasteiger partial charge in [-0.2, -0.15) is 5.10 Å². The summed E-state index contributed by atoms with van der Waals surface area (Å²) in [4.78, 5) is 27.8. The van der Waals surface area contributed by atoms with E-state index >= 15 is 0 Å². The van der Waals surface area contributed by atoms with Gasteiger partial charge in [0.25, 0.3) is 5.91 Å². The SMILES string of the molecule is CCOC(=O)c1csc(NC(=O)c2ccc(-n3cccn3)cc2)n1. The van der Waals surface area contributed by atoms with Gasteiger partial charge < -0.3 is 4.74 Å². The first-order valence-electron chi connectivity index (χ1n) is 7.21. The molecule has 0 aliphatic rings. The summed E-state index contributed by atoms with van der Waals surface area (Å²) >= 11 is 1.17. The van der Waals surface area contributed by atoms with E-state index in [1.165, 1.54) is 11.3 Å². The molecule has 3 rings (SSSR count). The number of hydrogen-bond acceptors (Lipinski definition) is 6. The van der Waals surface area contributed by atoms with Gasteiger partial charge in [-0.15, -0.1) is 11.3 Å². The van der Waals surface area contributed by atoms with Crippen molar-refractivity contribution in [3.8, 4) is 5.69 Å². The van der Waals surface area contributed by atoms with Gasteiger partial charge in [0.05, 0.1) is 12.3 Å². The molecule has 0 saturated heterocycles. The molecule has 0 aliphatic heterocycles. The molecule has 2 heterocycles. The number of nitrogens with one attached hydrogen (secondary N) is 1. The molecule has 3 aromatic rings. The fourth-order valence-corrected chi connectivity index (χ4v) is 2.66. The maximum absolute atomic E-state index is 12.2. The maximum Gasteiger partial charge on any atom is 0.357 e. The second kappa shape index (κ2) is 7.05. The molecule has 1 aromatic carbocycles. The zero-order valence-corrected chi connectivity index (χ0v) is 13.6. The fourth-order valence-electron chi connectivity index (χ4n) is 1.99. The molecule has 1 N–H and O–H groups in total. The number of carbonyl (C=O) groups is 2. The number of esters is 1. The van der Waals surface area contributed by atoms with E-state index in [0.29, 0.717) is 10.7 Å². The molecule has 24 heavy (non-hydrogen) atoms. The van der Waals surface area contributed by atoms with E-state index in [0.717, 1.165) is 5.69 Å². The Hall–Kier alpha value is -3.00. The van der Waals surface area contributed by atoms with Gasteiger partial charge in [-0.1, -0.05) is 0 Å². The summed E-state index contributed by atoms with van der Waals surface area (Å²) in [5, 5.41) is 8.69. The third-order valence-electron chi connectivity index (χ3n) is 3.11. The second-order valence-corrected chi connectivity index (χ2v) is 5.57. The molecule has 0 radical (unpaired) electrons. The van der Waals surface area contributed by atoms with Crippen molar-refractivity contribution in [2.24, 2.45) is 0 Å². The summed E-state index contributed by atoms with van der Waals surface area (Å²) in [5.74, 6) is -0.801. The van der Waals surface area contributed by atoms with Crippen LogP contribution in [0.1, 0.15) is 27.8 Å². The third kappa shape index (κ3) is 3.49. The van der Waals surface area contributed by atoms with Gasteiger partial charge in [-0.25, -0.2) is 14.5 Å². The molecule has 2 aromatic heterocycles. The van der Waals surface area contributed by atoms with E-state index in [1.54, 1.807) is 47.4 Å². The third-order valence-corrected chi connectivity index (χ3v) is 3.87. The lowest BCUT2D eigenvalue weighted by Gasteiger charge is -2.04. The van der Waals surface area contributed by atoms with Crippen LogP contribution >= 0.6 is 11.3 Å². The van der Waals surface area contributed by atoms with E-state index < -0.39 is 5.97 Å². The molecule has 8 heteroatoms. The zero-order chi connectivity index (χ0) is 16.9. The van der Waals surface area contributed by atoms with Gasteiger partial charge in [-0.3, -0.25) is 10.1 Å². The molecule has 0 unspecified atom stereocenters. The standard InChI is InChI=1S/C16H14N4O3S/c1-2-23-15(22)13-10-24-16(18-13)19-14(21)11-4-6-12(7-5-11)20-9-3-8-17-20/h3-10H,2H2,1H3,(H,18,19,21). The Morgan fingerprint density at radius 1 is 1.29 bits per heavy atom. The van der Waals surface area contributed by atoms with E-state index in [-0.39, 0.29) is 18.2 Å². The van der Waals surface area contributed by atoms with Crippen LogP contribution < -0.4 is 5.32 Å². The van der Waals surface area contributed by atoms with Crippen molar-refractivity contribution in [1.82, 2.24) is 14.8 Å². The van der Waals surface area contributed by atoms with Crippen LogP contribution in [-0.4, -0.2) is 33.2 Å². The largest absolute Gasteiger partial charge is 0.461 e. The number of benzene rings is 1. The first-order valence-corrected chi connectivity index (χ1v) is 8.09. The normalized spacial score (nSPS) is 10.4. The first-order chi connectivity index (χ1) is 11.7. The van der Waals surface area contributed by atoms with E-state index in [9.17, 15) is 9.59 Å². The van der Waals surface area contributed by atoms with Crippen molar-refractivity contribution in [2.75, 3.05) is 11.9 Å². The molecule has 7 nitrogen and oxygen atoms in total. The fraction of sp³-hybridized carbons (Fsp3) is 0.125. The van der Waals surface area contributed by atoms with Gasteiger partial charge in [0.2, 0.25) is 0 Å². The number of anilines is 1. The van der Waals surface area contributed by atoms with Gasteiger partial charge in [-0.05, 0) is 37.3 Å². The molecule has 0 bridgehead atoms. The lowest BCUT2D eigenvalue weighted by molar-refractivity contribution is 0.0520. The minimum Gasteiger partial charge on any atom is -0.461 e. The van der Waals surface area contributed by atoms with Crippen LogP contribution in [0.4, 0.5) is 5.13 Å². The summed E-state index contributed by atoms with van der Waals surface area (Å²) in [6.45, 7) is 2.00. The molecular weight excluding hydrogens is 328 g/mol. The molecule has 0 fully saturated rings. The van der Waals surface area contributed by atoms with Crippen LogP contribution in [-0.2, 0) is 4.74 Å². The van der Waals surface area contributed by atoms with Crippen LogP contribution in [0, 0.1) is 0 Å². The number of hydrogen-bond donors (Lipinski definition) is 1. The van der Waals surface area contributed by atoms with Crippen LogP contribution in [0.2, 0.25) is 0 Å². The Morgan fingerprint density at radius 2 is 2.08 bits per heavy atom. The maximum atomic E-state index is 12.2. The highest BCUT2D eigenvalue weighted by atomic mass is 32.1. The Kier molecular flexibility index (Phi) is 4.66. The van der Waals surface area contributed by atoms with Gasteiger partial charge in [0.15, 0.2) is 10.8 Å². The summed E-state index contributed by atoms with van der Waals surface area (Å²) in [5.41, 5.74) is 1.53. The van der Waals surface area contributed by atoms with Crippen LogP contribution in [0.5, 0.6) is 0 Å². The molecule has 1 amide bonds. The minimum atomic E-state index is -0.502. The first kappa shape index (κ1) is 15.9. The summed E-state index contributed by atoms with van der Waals surface area (Å²) in [6.07, 6.45) is 3.51.